The van der Waals surface area contributed by atoms with Gasteiger partial charge in [0, 0.05) is 0 Å². The third kappa shape index (κ3) is 22.2. The fourth-order valence-electron chi connectivity index (χ4n) is 0. The third-order valence-electron chi connectivity index (χ3n) is 0. The van der Waals surface area contributed by atoms with Crippen molar-refractivity contribution in [1.29, 1.82) is 0 Å². The van der Waals surface area contributed by atoms with E-state index in [-0.39, 0.29) is 89.2 Å². The Morgan fingerprint density at radius 2 is 0.600 bits per heavy atom. The molecule has 0 aromatic heterocycles. The van der Waals surface area contributed by atoms with Gasteiger partial charge in [-0.2, -0.15) is 0 Å². The molecule has 0 aromatic rings. The summed E-state index contributed by atoms with van der Waals surface area (Å²) in [5, 5.41) is 0. The second-order valence-corrected chi connectivity index (χ2v) is 0. The zero-order valence-corrected chi connectivity index (χ0v) is 8.32. The van der Waals surface area contributed by atoms with E-state index in [1.54, 1.807) is 0 Å². The Kier molecular flexibility index (Phi) is 375. The zero-order valence-electron chi connectivity index (χ0n) is 2.84. The van der Waals surface area contributed by atoms with Gasteiger partial charge in [-0.15, -0.1) is 0 Å². The average Bonchev–Trinajstić information content (AvgIpc) is 0. The summed E-state index contributed by atoms with van der Waals surface area (Å²) < 4.78 is 0. The fourth-order valence-corrected chi connectivity index (χ4v) is 0. The van der Waals surface area contributed by atoms with Crippen LogP contribution in [-0.4, -0.2) is 45.5 Å². The Labute approximate surface area is 87.4 Å². The summed E-state index contributed by atoms with van der Waals surface area (Å²) in [5.74, 6) is 0. The van der Waals surface area contributed by atoms with Crippen LogP contribution in [0, 0.1) is 0 Å². The monoisotopic (exact) mass is 168 g/mol. The Bertz CT molecular complexity index is 6.85. The molecule has 0 heterocycles. The van der Waals surface area contributed by atoms with Crippen molar-refractivity contribution < 1.29 is 43.7 Å². The predicted octanol–water partition coefficient (Wildman–Crippen LogP) is -12.4. The Morgan fingerprint density at radius 1 is 0.600 bits per heavy atom. The molecule has 5 heavy (non-hydrogen) atoms. The second-order valence-electron chi connectivity index (χ2n) is 0. The fraction of sp³-hybridized carbons (Fsp3) is 0. The van der Waals surface area contributed by atoms with Gasteiger partial charge in [0.2, 0.25) is 0 Å². The maximum absolute atomic E-state index is 0. The molecule has 0 aromatic carbocycles. The maximum Gasteiger partial charge on any atom is 2.00 e. The Hall–Kier alpha value is 2.27. The quantitative estimate of drug-likeness (QED) is 0.315. The topological polar surface area (TPSA) is 0 Å². The van der Waals surface area contributed by atoms with Gasteiger partial charge in [0.15, 0.2) is 0 Å². The predicted molar refractivity (Wildman–Crippen MR) is 5.75 cm³/mol. The van der Waals surface area contributed by atoms with Crippen LogP contribution in [0.25, 0.3) is 0 Å². The van der Waals surface area contributed by atoms with Gasteiger partial charge in [0.05, 0.1) is 0 Å². The first-order valence-electron chi connectivity index (χ1n) is 0. The standard InChI is InChI=1S/3FH.Na.Sr/h3*1H;;/q;;;+1;+2/p-3. The first-order valence-corrected chi connectivity index (χ1v) is 0. The minimum atomic E-state index is 0. The average molecular weight is 168 g/mol. The van der Waals surface area contributed by atoms with E-state index >= 15 is 0 Å². The van der Waals surface area contributed by atoms with E-state index in [1.165, 1.54) is 0 Å². The summed E-state index contributed by atoms with van der Waals surface area (Å²) in [5.41, 5.74) is 0. The van der Waals surface area contributed by atoms with Gasteiger partial charge in [0.25, 0.3) is 0 Å². The maximum atomic E-state index is 0. The molecule has 0 aliphatic heterocycles. The van der Waals surface area contributed by atoms with Crippen molar-refractivity contribution >= 4 is 45.5 Å². The molecule has 0 saturated heterocycles. The van der Waals surface area contributed by atoms with E-state index in [0.29, 0.717) is 0 Å². The minimum Gasteiger partial charge on any atom is -1.00 e. The molecule has 0 saturated carbocycles. The number of hydrogen-bond donors (Lipinski definition) is 0. The Morgan fingerprint density at radius 3 is 0.600 bits per heavy atom. The third-order valence-corrected chi connectivity index (χ3v) is 0. The first-order chi connectivity index (χ1) is 0. The number of hydrogen-bond acceptors (Lipinski definition) is 0. The largest absolute Gasteiger partial charge is 2.00 e. The molecule has 5 heteroatoms. The Balaban J connectivity index is 0. The van der Waals surface area contributed by atoms with Gasteiger partial charge in [-0.05, 0) is 0 Å². The van der Waals surface area contributed by atoms with Crippen LogP contribution in [0.1, 0.15) is 0 Å². The van der Waals surface area contributed by atoms with Gasteiger partial charge >= 0.3 is 75.0 Å². The van der Waals surface area contributed by atoms with Gasteiger partial charge in [0.1, 0.15) is 0 Å². The van der Waals surface area contributed by atoms with E-state index in [1.807, 2.05) is 0 Å². The van der Waals surface area contributed by atoms with E-state index in [0.717, 1.165) is 0 Å². The normalized spacial score (nSPS) is 0. The van der Waals surface area contributed by atoms with Crippen LogP contribution < -0.4 is 43.7 Å². The van der Waals surface area contributed by atoms with Gasteiger partial charge < -0.3 is 14.1 Å². The molecular formula is F3NaSr. The molecule has 24 valence electrons. The van der Waals surface area contributed by atoms with Crippen molar-refractivity contribution in [2.75, 3.05) is 0 Å². The van der Waals surface area contributed by atoms with Gasteiger partial charge in [-0.25, -0.2) is 0 Å². The van der Waals surface area contributed by atoms with E-state index in [4.69, 9.17) is 0 Å². The zero-order chi connectivity index (χ0) is 0. The van der Waals surface area contributed by atoms with E-state index < -0.39 is 0 Å². The summed E-state index contributed by atoms with van der Waals surface area (Å²) in [4.78, 5) is 0. The van der Waals surface area contributed by atoms with Crippen LogP contribution in [0.15, 0.2) is 0 Å². The molecule has 0 aliphatic rings. The van der Waals surface area contributed by atoms with E-state index in [9.17, 15) is 0 Å². The van der Waals surface area contributed by atoms with Crippen LogP contribution in [0.5, 0.6) is 0 Å². The summed E-state index contributed by atoms with van der Waals surface area (Å²) in [6.45, 7) is 0. The molecule has 0 rings (SSSR count). The van der Waals surface area contributed by atoms with Crippen LogP contribution in [-0.2, 0) is 0 Å². The van der Waals surface area contributed by atoms with Crippen molar-refractivity contribution in [3.8, 4) is 0 Å². The van der Waals surface area contributed by atoms with Crippen molar-refractivity contribution in [2.24, 2.45) is 0 Å². The SMILES string of the molecule is [F-].[F-].[F-].[Na+].[Sr+2]. The molecular weight excluding hydrogens is 168 g/mol. The number of rotatable bonds is 0. The van der Waals surface area contributed by atoms with Crippen LogP contribution in [0.2, 0.25) is 0 Å². The molecule has 0 aliphatic carbocycles. The smallest absolute Gasteiger partial charge is 1.00 e. The molecule has 0 radical (unpaired) electrons. The van der Waals surface area contributed by atoms with Crippen LogP contribution in [0.3, 0.4) is 0 Å². The van der Waals surface area contributed by atoms with Crippen molar-refractivity contribution in [1.82, 2.24) is 0 Å². The van der Waals surface area contributed by atoms with Crippen LogP contribution in [0.4, 0.5) is 0 Å². The minimum absolute atomic E-state index is 0. The molecule has 0 fully saturated rings. The summed E-state index contributed by atoms with van der Waals surface area (Å²) in [6, 6.07) is 0. The van der Waals surface area contributed by atoms with Gasteiger partial charge in [-0.1, -0.05) is 0 Å². The number of halogens is 3. The molecule has 0 N–H and O–H groups in total. The molecule has 0 amide bonds. The van der Waals surface area contributed by atoms with Crippen LogP contribution >= 0.6 is 0 Å². The summed E-state index contributed by atoms with van der Waals surface area (Å²) >= 11 is 0. The molecule has 0 spiro atoms. The first kappa shape index (κ1) is 55.5. The summed E-state index contributed by atoms with van der Waals surface area (Å²) in [7, 11) is 0. The van der Waals surface area contributed by atoms with Gasteiger partial charge in [-0.3, -0.25) is 0 Å². The van der Waals surface area contributed by atoms with E-state index in [2.05, 4.69) is 0 Å². The molecule has 0 atom stereocenters. The van der Waals surface area contributed by atoms with Crippen molar-refractivity contribution in [2.45, 2.75) is 0 Å². The van der Waals surface area contributed by atoms with Crippen molar-refractivity contribution in [3.63, 3.8) is 0 Å². The molecule has 0 unspecified atom stereocenters. The second kappa shape index (κ2) is 33.8. The molecule has 0 bridgehead atoms. The van der Waals surface area contributed by atoms with Crippen molar-refractivity contribution in [3.05, 3.63) is 0 Å². The molecule has 0 nitrogen and oxygen atoms in total. The summed E-state index contributed by atoms with van der Waals surface area (Å²) in [6.07, 6.45) is 0.